The highest BCUT2D eigenvalue weighted by Gasteiger charge is 2.63. The molecular formula is C27H21F5N8O2. The molecule has 1 aliphatic heterocycles. The topological polar surface area (TPSA) is 140 Å². The van der Waals surface area contributed by atoms with Crippen LogP contribution in [0.4, 0.5) is 33.6 Å². The summed E-state index contributed by atoms with van der Waals surface area (Å²) in [7, 11) is 0. The fraction of sp³-hybridized carbons (Fsp3) is 0.333. The number of fused-ring (bicyclic) bond motifs is 2. The molecule has 4 heterocycles. The molecule has 1 aromatic carbocycles. The van der Waals surface area contributed by atoms with Crippen LogP contribution in [0.3, 0.4) is 0 Å². The standard InChI is InChI=1S/C27H21F5N8O2/c28-14-3-1-2-11(19(14)29)8-15-23-36-17(27(30,31)32)10-40(23)9-16(35-15)21-37-20(33)18-22(38-21)39-25(42)26(18,12-4-5-12)24(41)34-13-6-7-13/h1-3,9-10,12-13H,4-8H2,(H,34,41)(H3,33,37,38,39,42). The second kappa shape index (κ2) is 8.90. The molecule has 4 N–H and O–H groups in total. The van der Waals surface area contributed by atoms with Crippen molar-refractivity contribution in [3.05, 3.63) is 64.7 Å². The summed E-state index contributed by atoms with van der Waals surface area (Å²) in [6.45, 7) is 0. The molecule has 216 valence electrons. The minimum atomic E-state index is -4.79. The minimum Gasteiger partial charge on any atom is -0.383 e. The van der Waals surface area contributed by atoms with E-state index in [9.17, 15) is 31.5 Å². The highest BCUT2D eigenvalue weighted by atomic mass is 19.4. The molecule has 42 heavy (non-hydrogen) atoms. The predicted molar refractivity (Wildman–Crippen MR) is 137 cm³/mol. The molecule has 0 radical (unpaired) electrons. The number of rotatable bonds is 6. The molecule has 7 rings (SSSR count). The predicted octanol–water partition coefficient (Wildman–Crippen LogP) is 3.53. The Morgan fingerprint density at radius 2 is 1.86 bits per heavy atom. The first-order valence-electron chi connectivity index (χ1n) is 13.2. The lowest BCUT2D eigenvalue weighted by Crippen LogP contribution is -2.51. The number of imidazole rings is 1. The maximum absolute atomic E-state index is 14.5. The van der Waals surface area contributed by atoms with Crippen molar-refractivity contribution in [3.8, 4) is 11.5 Å². The Bertz CT molecular complexity index is 1810. The number of amides is 2. The van der Waals surface area contributed by atoms with E-state index < -0.39 is 47.2 Å². The fourth-order valence-electron chi connectivity index (χ4n) is 5.52. The fourth-order valence-corrected chi connectivity index (χ4v) is 5.52. The van der Waals surface area contributed by atoms with Gasteiger partial charge >= 0.3 is 6.18 Å². The summed E-state index contributed by atoms with van der Waals surface area (Å²) < 4.78 is 70.1. The zero-order chi connectivity index (χ0) is 29.6. The number of halogens is 5. The normalized spacial score (nSPS) is 20.1. The summed E-state index contributed by atoms with van der Waals surface area (Å²) in [5.41, 5.74) is 3.12. The average molecular weight is 585 g/mol. The Morgan fingerprint density at radius 3 is 2.55 bits per heavy atom. The Balaban J connectivity index is 1.36. The van der Waals surface area contributed by atoms with Gasteiger partial charge in [0.1, 0.15) is 17.3 Å². The Kier molecular flexibility index (Phi) is 5.56. The van der Waals surface area contributed by atoms with Gasteiger partial charge in [-0.25, -0.2) is 28.7 Å². The number of nitrogens with two attached hydrogens (primary N) is 1. The number of aromatic nitrogens is 5. The van der Waals surface area contributed by atoms with Gasteiger partial charge < -0.3 is 20.8 Å². The molecule has 1 atom stereocenters. The van der Waals surface area contributed by atoms with Crippen LogP contribution in [0.1, 0.15) is 48.2 Å². The molecule has 15 heteroatoms. The lowest BCUT2D eigenvalue weighted by Gasteiger charge is -2.26. The Morgan fingerprint density at radius 1 is 1.10 bits per heavy atom. The van der Waals surface area contributed by atoms with E-state index in [1.54, 1.807) is 0 Å². The van der Waals surface area contributed by atoms with Gasteiger partial charge in [0.25, 0.3) is 0 Å². The first kappa shape index (κ1) is 26.2. The van der Waals surface area contributed by atoms with E-state index in [1.165, 1.54) is 18.3 Å². The van der Waals surface area contributed by atoms with E-state index in [-0.39, 0.29) is 57.6 Å². The maximum atomic E-state index is 14.5. The maximum Gasteiger partial charge on any atom is 0.434 e. The van der Waals surface area contributed by atoms with Crippen molar-refractivity contribution in [2.45, 2.75) is 49.7 Å². The number of carbonyl (C=O) groups excluding carboxylic acids is 2. The van der Waals surface area contributed by atoms with Crippen LogP contribution in [0.2, 0.25) is 0 Å². The van der Waals surface area contributed by atoms with Crippen LogP contribution in [0.5, 0.6) is 0 Å². The van der Waals surface area contributed by atoms with Crippen molar-refractivity contribution in [3.63, 3.8) is 0 Å². The number of benzene rings is 1. The third-order valence-electron chi connectivity index (χ3n) is 7.80. The SMILES string of the molecule is Nc1nc(-c2cn3cc(C(F)(F)F)nc3c(Cc3cccc(F)c3F)n2)nc2c1C(C(=O)NC1CC1)(C1CC1)C(=O)N2. The van der Waals surface area contributed by atoms with Crippen molar-refractivity contribution < 1.29 is 31.5 Å². The van der Waals surface area contributed by atoms with Gasteiger partial charge in [0.15, 0.2) is 34.2 Å². The van der Waals surface area contributed by atoms with Gasteiger partial charge in [0.2, 0.25) is 11.8 Å². The number of nitrogen functional groups attached to an aromatic ring is 1. The monoisotopic (exact) mass is 584 g/mol. The third kappa shape index (κ3) is 4.05. The quantitative estimate of drug-likeness (QED) is 0.233. The smallest absolute Gasteiger partial charge is 0.383 e. The van der Waals surface area contributed by atoms with Crippen LogP contribution in [0, 0.1) is 17.6 Å². The van der Waals surface area contributed by atoms with Gasteiger partial charge in [-0.2, -0.15) is 13.2 Å². The van der Waals surface area contributed by atoms with Gasteiger partial charge in [-0.15, -0.1) is 0 Å². The molecule has 3 aliphatic rings. The van der Waals surface area contributed by atoms with E-state index >= 15 is 0 Å². The van der Waals surface area contributed by atoms with E-state index in [0.29, 0.717) is 12.8 Å². The molecule has 0 bridgehead atoms. The van der Waals surface area contributed by atoms with Crippen LogP contribution >= 0.6 is 0 Å². The number of hydrogen-bond acceptors (Lipinski definition) is 7. The van der Waals surface area contributed by atoms with Crippen LogP contribution in [0.15, 0.2) is 30.6 Å². The number of nitrogens with zero attached hydrogens (tertiary/aromatic N) is 5. The van der Waals surface area contributed by atoms with Gasteiger partial charge in [-0.05, 0) is 43.2 Å². The van der Waals surface area contributed by atoms with Crippen molar-refractivity contribution in [1.29, 1.82) is 0 Å². The molecule has 2 saturated carbocycles. The van der Waals surface area contributed by atoms with Crippen LogP contribution < -0.4 is 16.4 Å². The number of anilines is 2. The van der Waals surface area contributed by atoms with E-state index in [1.807, 2.05) is 0 Å². The molecule has 4 aromatic rings. The van der Waals surface area contributed by atoms with Crippen LogP contribution in [0.25, 0.3) is 17.2 Å². The zero-order valence-electron chi connectivity index (χ0n) is 21.6. The number of hydrogen-bond donors (Lipinski definition) is 3. The first-order chi connectivity index (χ1) is 20.0. The molecule has 3 aromatic heterocycles. The van der Waals surface area contributed by atoms with Crippen molar-refractivity contribution in [1.82, 2.24) is 29.7 Å². The summed E-state index contributed by atoms with van der Waals surface area (Å²) >= 11 is 0. The number of nitrogens with one attached hydrogen (secondary N) is 2. The van der Waals surface area contributed by atoms with Gasteiger partial charge in [-0.3, -0.25) is 9.59 Å². The lowest BCUT2D eigenvalue weighted by atomic mass is 9.76. The molecule has 2 fully saturated rings. The summed E-state index contributed by atoms with van der Waals surface area (Å²) in [4.78, 5) is 43.5. The van der Waals surface area contributed by atoms with Crippen molar-refractivity contribution in [2.24, 2.45) is 5.92 Å². The molecule has 1 unspecified atom stereocenters. The Hall–Kier alpha value is -4.69. The highest BCUT2D eigenvalue weighted by Crippen LogP contribution is 2.54. The van der Waals surface area contributed by atoms with E-state index in [2.05, 4.69) is 30.6 Å². The van der Waals surface area contributed by atoms with Gasteiger partial charge in [0.05, 0.1) is 11.3 Å². The number of alkyl halides is 3. The zero-order valence-corrected chi connectivity index (χ0v) is 21.6. The summed E-state index contributed by atoms with van der Waals surface area (Å²) in [6, 6.07) is 3.44. The van der Waals surface area contributed by atoms with E-state index in [4.69, 9.17) is 5.73 Å². The molecular weight excluding hydrogens is 563 g/mol. The highest BCUT2D eigenvalue weighted by molar-refractivity contribution is 6.22. The second-order valence-corrected chi connectivity index (χ2v) is 10.8. The average Bonchev–Trinajstić information content (AvgIpc) is 3.86. The first-order valence-corrected chi connectivity index (χ1v) is 13.2. The molecule has 2 amide bonds. The minimum absolute atomic E-state index is 0.00146. The summed E-state index contributed by atoms with van der Waals surface area (Å²) in [5, 5.41) is 5.54. The Labute approximate surface area is 233 Å². The number of carbonyl (C=O) groups is 2. The van der Waals surface area contributed by atoms with Crippen molar-refractivity contribution >= 4 is 29.1 Å². The summed E-state index contributed by atoms with van der Waals surface area (Å²) in [5.74, 6) is -3.96. The molecule has 2 aliphatic carbocycles. The van der Waals surface area contributed by atoms with Crippen molar-refractivity contribution in [2.75, 3.05) is 11.1 Å². The van der Waals surface area contributed by atoms with Crippen LogP contribution in [-0.4, -0.2) is 42.2 Å². The lowest BCUT2D eigenvalue weighted by molar-refractivity contribution is -0.141. The van der Waals surface area contributed by atoms with E-state index in [0.717, 1.165) is 29.5 Å². The van der Waals surface area contributed by atoms with Gasteiger partial charge in [0, 0.05) is 24.9 Å². The molecule has 0 saturated heterocycles. The van der Waals surface area contributed by atoms with Gasteiger partial charge in [-0.1, -0.05) is 12.1 Å². The third-order valence-corrected chi connectivity index (χ3v) is 7.80. The largest absolute Gasteiger partial charge is 0.434 e. The summed E-state index contributed by atoms with van der Waals surface area (Å²) in [6.07, 6.45) is -0.394. The molecule has 10 nitrogen and oxygen atoms in total. The second-order valence-electron chi connectivity index (χ2n) is 10.8. The van der Waals surface area contributed by atoms with Crippen LogP contribution in [-0.2, 0) is 27.6 Å². The molecule has 0 spiro atoms.